The Morgan fingerprint density at radius 2 is 2.07 bits per heavy atom. The number of nitrogens with zero attached hydrogens (tertiary/aromatic N) is 6. The van der Waals surface area contributed by atoms with Crippen LogP contribution < -0.4 is 15.4 Å². The summed E-state index contributed by atoms with van der Waals surface area (Å²) in [5.41, 5.74) is 1.94. The quantitative estimate of drug-likeness (QED) is 0.770. The fourth-order valence-corrected chi connectivity index (χ4v) is 4.36. The predicted octanol–water partition coefficient (Wildman–Crippen LogP) is 1.50. The number of piperidine rings is 1. The molecule has 2 aliphatic rings. The van der Waals surface area contributed by atoms with Crippen molar-refractivity contribution in [3.8, 4) is 0 Å². The highest BCUT2D eigenvalue weighted by Crippen LogP contribution is 2.23. The molecule has 8 nitrogen and oxygen atoms in total. The molecular formula is C22H32N6O2. The summed E-state index contributed by atoms with van der Waals surface area (Å²) in [6, 6.07) is 5.96. The minimum Gasteiger partial charge on any atom is -0.391 e. The van der Waals surface area contributed by atoms with Crippen molar-refractivity contribution >= 4 is 11.5 Å². The minimum absolute atomic E-state index is 0.0608. The van der Waals surface area contributed by atoms with Gasteiger partial charge in [0.15, 0.2) is 0 Å². The molecule has 162 valence electrons. The molecule has 30 heavy (non-hydrogen) atoms. The molecular weight excluding hydrogens is 380 g/mol. The van der Waals surface area contributed by atoms with E-state index in [0.717, 1.165) is 63.5 Å². The van der Waals surface area contributed by atoms with E-state index in [1.54, 1.807) is 16.9 Å². The molecule has 4 rings (SSSR count). The van der Waals surface area contributed by atoms with Crippen molar-refractivity contribution in [3.63, 3.8) is 0 Å². The van der Waals surface area contributed by atoms with Gasteiger partial charge in [0.05, 0.1) is 24.0 Å². The summed E-state index contributed by atoms with van der Waals surface area (Å²) >= 11 is 0. The van der Waals surface area contributed by atoms with Gasteiger partial charge in [-0.1, -0.05) is 6.07 Å². The standard InChI is InChI=1S/C22H32N6O2/c1-3-25(2)21-7-6-17(12-23-21)14-26-9-4-5-18(15-26)28-22(30)11-19(13-24-28)27-10-8-20(29)16-27/h6-7,11-13,18,20,29H,3-5,8-10,14-16H2,1-2H3/t18?,20-/m0/s1. The molecule has 2 aromatic heterocycles. The molecule has 8 heteroatoms. The topological polar surface area (TPSA) is 77.7 Å². The Morgan fingerprint density at radius 1 is 1.20 bits per heavy atom. The Morgan fingerprint density at radius 3 is 2.73 bits per heavy atom. The molecule has 0 spiro atoms. The van der Waals surface area contributed by atoms with Crippen LogP contribution >= 0.6 is 0 Å². The summed E-state index contributed by atoms with van der Waals surface area (Å²) in [5.74, 6) is 0.985. The van der Waals surface area contributed by atoms with Crippen molar-refractivity contribution < 1.29 is 5.11 Å². The van der Waals surface area contributed by atoms with Crippen LogP contribution in [0.4, 0.5) is 11.5 Å². The Balaban J connectivity index is 1.40. The third-order valence-corrected chi connectivity index (χ3v) is 6.25. The molecule has 0 amide bonds. The summed E-state index contributed by atoms with van der Waals surface area (Å²) < 4.78 is 1.64. The van der Waals surface area contributed by atoms with Gasteiger partial charge in [-0.05, 0) is 44.4 Å². The van der Waals surface area contributed by atoms with Crippen LogP contribution in [0.1, 0.15) is 37.8 Å². The first-order valence-electron chi connectivity index (χ1n) is 10.9. The summed E-state index contributed by atoms with van der Waals surface area (Å²) in [6.07, 6.45) is 6.16. The molecule has 1 N–H and O–H groups in total. The Hall–Kier alpha value is -2.45. The molecule has 2 fully saturated rings. The molecule has 1 unspecified atom stereocenters. The van der Waals surface area contributed by atoms with E-state index in [0.29, 0.717) is 6.54 Å². The van der Waals surface area contributed by atoms with Gasteiger partial charge >= 0.3 is 0 Å². The molecule has 2 atom stereocenters. The number of aliphatic hydroxyl groups is 1. The van der Waals surface area contributed by atoms with Gasteiger partial charge in [-0.25, -0.2) is 9.67 Å². The molecule has 0 bridgehead atoms. The third-order valence-electron chi connectivity index (χ3n) is 6.25. The second-order valence-corrected chi connectivity index (χ2v) is 8.46. The number of hydrogen-bond acceptors (Lipinski definition) is 7. The lowest BCUT2D eigenvalue weighted by Gasteiger charge is -2.33. The highest BCUT2D eigenvalue weighted by molar-refractivity contribution is 5.44. The van der Waals surface area contributed by atoms with Gasteiger partial charge in [0.1, 0.15) is 5.82 Å². The number of hydrogen-bond donors (Lipinski definition) is 1. The van der Waals surface area contributed by atoms with Gasteiger partial charge in [-0.3, -0.25) is 9.69 Å². The van der Waals surface area contributed by atoms with E-state index in [1.807, 2.05) is 18.1 Å². The smallest absolute Gasteiger partial charge is 0.269 e. The lowest BCUT2D eigenvalue weighted by Crippen LogP contribution is -2.40. The highest BCUT2D eigenvalue weighted by atomic mass is 16.3. The van der Waals surface area contributed by atoms with Gasteiger partial charge < -0.3 is 14.9 Å². The van der Waals surface area contributed by atoms with Crippen molar-refractivity contribution in [2.75, 3.05) is 49.6 Å². The number of aromatic nitrogens is 3. The van der Waals surface area contributed by atoms with E-state index >= 15 is 0 Å². The summed E-state index contributed by atoms with van der Waals surface area (Å²) in [4.78, 5) is 23.8. The molecule has 2 aromatic rings. The van der Waals surface area contributed by atoms with E-state index in [1.165, 1.54) is 5.56 Å². The molecule has 4 heterocycles. The molecule has 0 saturated carbocycles. The monoisotopic (exact) mass is 412 g/mol. The Bertz CT molecular complexity index is 899. The van der Waals surface area contributed by atoms with Crippen molar-refractivity contribution in [3.05, 3.63) is 46.5 Å². The predicted molar refractivity (Wildman–Crippen MR) is 118 cm³/mol. The van der Waals surface area contributed by atoms with Crippen LogP contribution in [0.3, 0.4) is 0 Å². The zero-order valence-electron chi connectivity index (χ0n) is 17.9. The summed E-state index contributed by atoms with van der Waals surface area (Å²) in [7, 11) is 2.04. The van der Waals surface area contributed by atoms with Crippen molar-refractivity contribution in [1.82, 2.24) is 19.7 Å². The normalized spacial score (nSPS) is 22.4. The molecule has 0 radical (unpaired) electrons. The fourth-order valence-electron chi connectivity index (χ4n) is 4.36. The number of anilines is 2. The van der Waals surface area contributed by atoms with Crippen molar-refractivity contribution in [2.45, 2.75) is 44.9 Å². The SMILES string of the molecule is CCN(C)c1ccc(CN2CCCC(n3ncc(N4CC[C@H](O)C4)cc3=O)C2)cn1. The van der Waals surface area contributed by atoms with E-state index in [4.69, 9.17) is 0 Å². The zero-order valence-corrected chi connectivity index (χ0v) is 17.9. The minimum atomic E-state index is -0.315. The van der Waals surface area contributed by atoms with Gasteiger partial charge in [0.25, 0.3) is 5.56 Å². The van der Waals surface area contributed by atoms with Gasteiger partial charge in [-0.15, -0.1) is 0 Å². The lowest BCUT2D eigenvalue weighted by molar-refractivity contribution is 0.160. The second-order valence-electron chi connectivity index (χ2n) is 8.46. The van der Waals surface area contributed by atoms with Crippen LogP contribution in [-0.4, -0.2) is 70.6 Å². The van der Waals surface area contributed by atoms with Crippen molar-refractivity contribution in [2.24, 2.45) is 0 Å². The van der Waals surface area contributed by atoms with E-state index < -0.39 is 0 Å². The molecule has 2 aliphatic heterocycles. The van der Waals surface area contributed by atoms with Crippen LogP contribution in [0.25, 0.3) is 0 Å². The Labute approximate surface area is 177 Å². The zero-order chi connectivity index (χ0) is 21.1. The van der Waals surface area contributed by atoms with E-state index in [9.17, 15) is 9.90 Å². The lowest BCUT2D eigenvalue weighted by atomic mass is 10.1. The van der Waals surface area contributed by atoms with Crippen LogP contribution in [0.5, 0.6) is 0 Å². The molecule has 0 aliphatic carbocycles. The first-order valence-corrected chi connectivity index (χ1v) is 10.9. The highest BCUT2D eigenvalue weighted by Gasteiger charge is 2.25. The summed E-state index contributed by atoms with van der Waals surface area (Å²) in [6.45, 7) is 7.04. The summed E-state index contributed by atoms with van der Waals surface area (Å²) in [5, 5.41) is 14.2. The molecule has 0 aromatic carbocycles. The number of likely N-dealkylation sites (tertiary alicyclic amines) is 1. The van der Waals surface area contributed by atoms with Gasteiger partial charge in [0, 0.05) is 52.0 Å². The maximum Gasteiger partial charge on any atom is 0.269 e. The van der Waals surface area contributed by atoms with E-state index in [2.05, 4.69) is 38.9 Å². The number of rotatable bonds is 6. The van der Waals surface area contributed by atoms with Crippen LogP contribution in [0, 0.1) is 0 Å². The van der Waals surface area contributed by atoms with Crippen LogP contribution in [-0.2, 0) is 6.54 Å². The second kappa shape index (κ2) is 9.14. The maximum absolute atomic E-state index is 12.8. The van der Waals surface area contributed by atoms with Crippen LogP contribution in [0.2, 0.25) is 0 Å². The van der Waals surface area contributed by atoms with E-state index in [-0.39, 0.29) is 17.7 Å². The number of pyridine rings is 1. The van der Waals surface area contributed by atoms with Crippen molar-refractivity contribution in [1.29, 1.82) is 0 Å². The average molecular weight is 413 g/mol. The molecule has 2 saturated heterocycles. The fraction of sp³-hybridized carbons (Fsp3) is 0.591. The largest absolute Gasteiger partial charge is 0.391 e. The van der Waals surface area contributed by atoms with Gasteiger partial charge in [0.2, 0.25) is 0 Å². The van der Waals surface area contributed by atoms with Gasteiger partial charge in [-0.2, -0.15) is 5.10 Å². The average Bonchev–Trinajstić information content (AvgIpc) is 3.20. The number of β-amino-alcohol motifs (C(OH)–C–C–N with tert-alkyl or cyclic N) is 1. The number of aliphatic hydroxyl groups excluding tert-OH is 1. The first kappa shape index (κ1) is 20.8. The third kappa shape index (κ3) is 4.65. The van der Waals surface area contributed by atoms with Crippen LogP contribution in [0.15, 0.2) is 35.4 Å². The Kier molecular flexibility index (Phi) is 6.34. The maximum atomic E-state index is 12.8. The first-order chi connectivity index (χ1) is 14.5.